The highest BCUT2D eigenvalue weighted by atomic mass is 19.1. The number of aromatic nitrogens is 1. The van der Waals surface area contributed by atoms with Crippen LogP contribution in [0.1, 0.15) is 40.5 Å². The Morgan fingerprint density at radius 3 is 2.86 bits per heavy atom. The SMILES string of the molecule is CN(C(=O)c1cccc(F)n1)C1CCCc2ccccc21. The number of pyridine rings is 1. The molecule has 108 valence electrons. The molecule has 1 heterocycles. The summed E-state index contributed by atoms with van der Waals surface area (Å²) in [5.74, 6) is -0.866. The van der Waals surface area contributed by atoms with Gasteiger partial charge in [0.15, 0.2) is 0 Å². The summed E-state index contributed by atoms with van der Waals surface area (Å²) in [4.78, 5) is 17.9. The van der Waals surface area contributed by atoms with Crippen molar-refractivity contribution < 1.29 is 9.18 Å². The first-order valence-electron chi connectivity index (χ1n) is 7.14. The van der Waals surface area contributed by atoms with Gasteiger partial charge in [0.2, 0.25) is 5.95 Å². The minimum atomic E-state index is -0.627. The molecule has 0 N–H and O–H groups in total. The average molecular weight is 284 g/mol. The van der Waals surface area contributed by atoms with Gasteiger partial charge in [0, 0.05) is 7.05 Å². The van der Waals surface area contributed by atoms with Gasteiger partial charge in [0.25, 0.3) is 5.91 Å². The summed E-state index contributed by atoms with van der Waals surface area (Å²) in [6, 6.07) is 12.5. The molecule has 1 amide bonds. The Bertz CT molecular complexity index is 671. The van der Waals surface area contributed by atoms with Crippen LogP contribution in [0.15, 0.2) is 42.5 Å². The fourth-order valence-corrected chi connectivity index (χ4v) is 2.98. The number of aryl methyl sites for hydroxylation is 1. The number of benzene rings is 1. The van der Waals surface area contributed by atoms with Crippen molar-refractivity contribution in [2.75, 3.05) is 7.05 Å². The molecule has 3 nitrogen and oxygen atoms in total. The van der Waals surface area contributed by atoms with Crippen LogP contribution in [0, 0.1) is 5.95 Å². The van der Waals surface area contributed by atoms with Crippen molar-refractivity contribution in [1.29, 1.82) is 0 Å². The van der Waals surface area contributed by atoms with E-state index in [0.717, 1.165) is 19.3 Å². The number of halogens is 1. The van der Waals surface area contributed by atoms with Crippen LogP contribution < -0.4 is 0 Å². The highest BCUT2D eigenvalue weighted by Crippen LogP contribution is 2.33. The number of carbonyl (C=O) groups excluding carboxylic acids is 1. The van der Waals surface area contributed by atoms with Gasteiger partial charge in [-0.25, -0.2) is 4.98 Å². The van der Waals surface area contributed by atoms with Gasteiger partial charge in [-0.2, -0.15) is 4.39 Å². The van der Waals surface area contributed by atoms with Crippen LogP contribution in [0.5, 0.6) is 0 Å². The molecule has 0 bridgehead atoms. The number of amides is 1. The van der Waals surface area contributed by atoms with Gasteiger partial charge in [0.1, 0.15) is 5.69 Å². The molecule has 0 radical (unpaired) electrons. The van der Waals surface area contributed by atoms with Gasteiger partial charge in [-0.1, -0.05) is 30.3 Å². The summed E-state index contributed by atoms with van der Waals surface area (Å²) in [5, 5.41) is 0. The fourth-order valence-electron chi connectivity index (χ4n) is 2.98. The second-order valence-electron chi connectivity index (χ2n) is 5.37. The normalized spacial score (nSPS) is 17.1. The molecule has 1 atom stereocenters. The predicted molar refractivity (Wildman–Crippen MR) is 78.4 cm³/mol. The zero-order valence-corrected chi connectivity index (χ0v) is 11.9. The second-order valence-corrected chi connectivity index (χ2v) is 5.37. The Morgan fingerprint density at radius 2 is 2.05 bits per heavy atom. The van der Waals surface area contributed by atoms with Crippen LogP contribution in [0.25, 0.3) is 0 Å². The van der Waals surface area contributed by atoms with E-state index >= 15 is 0 Å². The summed E-state index contributed by atoms with van der Waals surface area (Å²) in [6.07, 6.45) is 3.03. The van der Waals surface area contributed by atoms with Crippen molar-refractivity contribution in [1.82, 2.24) is 9.88 Å². The molecule has 2 aromatic rings. The predicted octanol–water partition coefficient (Wildman–Crippen LogP) is 3.37. The highest BCUT2D eigenvalue weighted by molar-refractivity contribution is 5.92. The lowest BCUT2D eigenvalue weighted by atomic mass is 9.87. The van der Waals surface area contributed by atoms with Crippen molar-refractivity contribution in [2.45, 2.75) is 25.3 Å². The topological polar surface area (TPSA) is 33.2 Å². The maximum absolute atomic E-state index is 13.2. The van der Waals surface area contributed by atoms with E-state index in [1.807, 2.05) is 12.1 Å². The molecular weight excluding hydrogens is 267 g/mol. The molecule has 4 heteroatoms. The van der Waals surface area contributed by atoms with Crippen LogP contribution >= 0.6 is 0 Å². The lowest BCUT2D eigenvalue weighted by Gasteiger charge is -2.33. The molecule has 0 spiro atoms. The number of rotatable bonds is 2. The summed E-state index contributed by atoms with van der Waals surface area (Å²) >= 11 is 0. The van der Waals surface area contributed by atoms with E-state index in [4.69, 9.17) is 0 Å². The highest BCUT2D eigenvalue weighted by Gasteiger charge is 2.27. The number of fused-ring (bicyclic) bond motifs is 1. The second kappa shape index (κ2) is 5.64. The molecular formula is C17H17FN2O. The first kappa shape index (κ1) is 13.7. The van der Waals surface area contributed by atoms with Crippen LogP contribution in [0.3, 0.4) is 0 Å². The molecule has 1 aliphatic carbocycles. The van der Waals surface area contributed by atoms with E-state index in [1.54, 1.807) is 18.0 Å². The Hall–Kier alpha value is -2.23. The Balaban J connectivity index is 1.89. The molecule has 21 heavy (non-hydrogen) atoms. The summed E-state index contributed by atoms with van der Waals surface area (Å²) in [7, 11) is 1.77. The third kappa shape index (κ3) is 2.66. The molecule has 1 aliphatic rings. The van der Waals surface area contributed by atoms with Crippen LogP contribution in [-0.2, 0) is 6.42 Å². The molecule has 1 aromatic heterocycles. The van der Waals surface area contributed by atoms with Crippen molar-refractivity contribution in [2.24, 2.45) is 0 Å². The Labute approximate surface area is 123 Å². The molecule has 0 aliphatic heterocycles. The largest absolute Gasteiger partial charge is 0.333 e. The minimum absolute atomic E-state index is 0.0347. The monoisotopic (exact) mass is 284 g/mol. The lowest BCUT2D eigenvalue weighted by molar-refractivity contribution is 0.0708. The summed E-state index contributed by atoms with van der Waals surface area (Å²) < 4.78 is 13.2. The van der Waals surface area contributed by atoms with Crippen LogP contribution in [-0.4, -0.2) is 22.8 Å². The van der Waals surface area contributed by atoms with Gasteiger partial charge in [-0.15, -0.1) is 0 Å². The van der Waals surface area contributed by atoms with E-state index in [2.05, 4.69) is 17.1 Å². The number of nitrogens with zero attached hydrogens (tertiary/aromatic N) is 2. The Morgan fingerprint density at radius 1 is 1.24 bits per heavy atom. The molecule has 0 saturated carbocycles. The molecule has 0 saturated heterocycles. The van der Waals surface area contributed by atoms with Crippen molar-refractivity contribution in [3.63, 3.8) is 0 Å². The van der Waals surface area contributed by atoms with Crippen molar-refractivity contribution in [3.05, 3.63) is 65.2 Å². The van der Waals surface area contributed by atoms with Crippen molar-refractivity contribution in [3.8, 4) is 0 Å². The first-order valence-corrected chi connectivity index (χ1v) is 7.14. The number of carbonyl (C=O) groups is 1. The smallest absolute Gasteiger partial charge is 0.272 e. The molecule has 3 rings (SSSR count). The first-order chi connectivity index (χ1) is 10.2. The van der Waals surface area contributed by atoms with Crippen LogP contribution in [0.2, 0.25) is 0 Å². The molecule has 0 fully saturated rings. The van der Waals surface area contributed by atoms with Gasteiger partial charge >= 0.3 is 0 Å². The fraction of sp³-hybridized carbons (Fsp3) is 0.294. The van der Waals surface area contributed by atoms with Gasteiger partial charge in [-0.3, -0.25) is 4.79 Å². The summed E-state index contributed by atoms with van der Waals surface area (Å²) in [6.45, 7) is 0. The standard InChI is InChI=1S/C17H17FN2O/c1-20(17(21)14-9-5-11-16(18)19-14)15-10-4-7-12-6-2-3-8-13(12)15/h2-3,5-6,8-9,11,15H,4,7,10H2,1H3. The minimum Gasteiger partial charge on any atom is -0.333 e. The Kier molecular flexibility index (Phi) is 3.69. The van der Waals surface area contributed by atoms with E-state index < -0.39 is 5.95 Å². The maximum Gasteiger partial charge on any atom is 0.272 e. The van der Waals surface area contributed by atoms with E-state index in [-0.39, 0.29) is 17.6 Å². The van der Waals surface area contributed by atoms with Crippen molar-refractivity contribution >= 4 is 5.91 Å². The van der Waals surface area contributed by atoms with E-state index in [1.165, 1.54) is 23.3 Å². The number of hydrogen-bond acceptors (Lipinski definition) is 2. The molecule has 1 aromatic carbocycles. The van der Waals surface area contributed by atoms with Crippen LogP contribution in [0.4, 0.5) is 4.39 Å². The van der Waals surface area contributed by atoms with Gasteiger partial charge < -0.3 is 4.90 Å². The third-order valence-electron chi connectivity index (χ3n) is 4.06. The number of hydrogen-bond donors (Lipinski definition) is 0. The van der Waals surface area contributed by atoms with Gasteiger partial charge in [-0.05, 0) is 42.5 Å². The van der Waals surface area contributed by atoms with E-state index in [9.17, 15) is 9.18 Å². The average Bonchev–Trinajstić information content (AvgIpc) is 2.53. The third-order valence-corrected chi connectivity index (χ3v) is 4.06. The maximum atomic E-state index is 13.2. The zero-order chi connectivity index (χ0) is 14.8. The zero-order valence-electron chi connectivity index (χ0n) is 11.9. The molecule has 1 unspecified atom stereocenters. The van der Waals surface area contributed by atoms with Gasteiger partial charge in [0.05, 0.1) is 6.04 Å². The summed E-state index contributed by atoms with van der Waals surface area (Å²) in [5.41, 5.74) is 2.64. The van der Waals surface area contributed by atoms with E-state index in [0.29, 0.717) is 0 Å². The lowest BCUT2D eigenvalue weighted by Crippen LogP contribution is -2.33. The quantitative estimate of drug-likeness (QED) is 0.792.